The molecule has 0 spiro atoms. The van der Waals surface area contributed by atoms with Gasteiger partial charge < -0.3 is 4.74 Å². The molecule has 10 heteroatoms. The highest BCUT2D eigenvalue weighted by molar-refractivity contribution is 7.91. The van der Waals surface area contributed by atoms with E-state index < -0.39 is 19.9 Å². The molecular formula is C16H19ClN2O5S2. The van der Waals surface area contributed by atoms with E-state index in [-0.39, 0.29) is 34.5 Å². The summed E-state index contributed by atoms with van der Waals surface area (Å²) in [6, 6.07) is 7.07. The number of hydrogen-bond acceptors (Lipinski definition) is 6. The first-order valence-electron chi connectivity index (χ1n) is 7.54. The number of nitrogens with zero attached hydrogens (tertiary/aromatic N) is 2. The quantitative estimate of drug-likeness (QED) is 0.650. The fourth-order valence-corrected chi connectivity index (χ4v) is 4.86. The SMILES string of the molecule is COCCN(Cc1cccnc1)S(=O)(=O)c1cc(S(C)(=O)=O)ccc1Cl. The van der Waals surface area contributed by atoms with Crippen molar-refractivity contribution in [3.8, 4) is 0 Å². The summed E-state index contributed by atoms with van der Waals surface area (Å²) < 4.78 is 56.0. The Morgan fingerprint density at radius 3 is 2.50 bits per heavy atom. The Bertz CT molecular complexity index is 963. The third-order valence-corrected chi connectivity index (χ3v) is 7.01. The summed E-state index contributed by atoms with van der Waals surface area (Å²) in [4.78, 5) is 3.60. The normalized spacial score (nSPS) is 12.5. The number of halogens is 1. The minimum absolute atomic E-state index is 0.0500. The molecule has 0 saturated carbocycles. The Balaban J connectivity index is 2.49. The van der Waals surface area contributed by atoms with Gasteiger partial charge in [-0.3, -0.25) is 4.98 Å². The largest absolute Gasteiger partial charge is 0.383 e. The van der Waals surface area contributed by atoms with Gasteiger partial charge in [-0.15, -0.1) is 0 Å². The standard InChI is InChI=1S/C16H19ClN2O5S2/c1-24-9-8-19(12-13-4-3-7-18-11-13)26(22,23)16-10-14(25(2,20)21)5-6-15(16)17/h3-7,10-11H,8-9,12H2,1-2H3. The van der Waals surface area contributed by atoms with Crippen LogP contribution in [-0.4, -0.2) is 52.6 Å². The zero-order valence-electron chi connectivity index (χ0n) is 14.3. The van der Waals surface area contributed by atoms with Gasteiger partial charge >= 0.3 is 0 Å². The molecule has 0 amide bonds. The van der Waals surface area contributed by atoms with Crippen LogP contribution < -0.4 is 0 Å². The lowest BCUT2D eigenvalue weighted by Crippen LogP contribution is -2.33. The maximum atomic E-state index is 13.1. The van der Waals surface area contributed by atoms with E-state index in [1.165, 1.54) is 23.5 Å². The second-order valence-electron chi connectivity index (χ2n) is 5.56. The van der Waals surface area contributed by atoms with Crippen molar-refractivity contribution in [3.63, 3.8) is 0 Å². The van der Waals surface area contributed by atoms with Gasteiger partial charge in [0.1, 0.15) is 4.90 Å². The predicted molar refractivity (Wildman–Crippen MR) is 98.3 cm³/mol. The van der Waals surface area contributed by atoms with Crippen molar-refractivity contribution in [1.29, 1.82) is 0 Å². The molecule has 2 rings (SSSR count). The molecule has 1 aromatic carbocycles. The topological polar surface area (TPSA) is 93.6 Å². The van der Waals surface area contributed by atoms with E-state index in [2.05, 4.69) is 4.98 Å². The summed E-state index contributed by atoms with van der Waals surface area (Å²) in [5, 5.41) is -0.0500. The molecule has 0 saturated heterocycles. The van der Waals surface area contributed by atoms with Crippen molar-refractivity contribution in [1.82, 2.24) is 9.29 Å². The maximum absolute atomic E-state index is 13.1. The zero-order valence-corrected chi connectivity index (χ0v) is 16.7. The second-order valence-corrected chi connectivity index (χ2v) is 9.89. The zero-order chi connectivity index (χ0) is 19.4. The third kappa shape index (κ3) is 5.01. The predicted octanol–water partition coefficient (Wildman–Crippen LogP) is 1.98. The van der Waals surface area contributed by atoms with Crippen LogP contribution in [0.4, 0.5) is 0 Å². The summed E-state index contributed by atoms with van der Waals surface area (Å²) in [6.45, 7) is 0.301. The Morgan fingerprint density at radius 2 is 1.92 bits per heavy atom. The van der Waals surface area contributed by atoms with E-state index in [9.17, 15) is 16.8 Å². The molecule has 1 aromatic heterocycles. The highest BCUT2D eigenvalue weighted by atomic mass is 35.5. The van der Waals surface area contributed by atoms with E-state index in [4.69, 9.17) is 16.3 Å². The van der Waals surface area contributed by atoms with Crippen LogP contribution in [0.2, 0.25) is 5.02 Å². The van der Waals surface area contributed by atoms with Crippen molar-refractivity contribution in [2.24, 2.45) is 0 Å². The van der Waals surface area contributed by atoms with Gasteiger partial charge in [0.05, 0.1) is 16.5 Å². The van der Waals surface area contributed by atoms with E-state index in [1.54, 1.807) is 24.5 Å². The molecule has 0 bridgehead atoms. The van der Waals surface area contributed by atoms with Crippen molar-refractivity contribution in [2.75, 3.05) is 26.5 Å². The first kappa shape index (κ1) is 20.8. The average molecular weight is 419 g/mol. The minimum atomic E-state index is -4.06. The van der Waals surface area contributed by atoms with Gasteiger partial charge in [-0.1, -0.05) is 17.7 Å². The fraction of sp³-hybridized carbons (Fsp3) is 0.312. The minimum Gasteiger partial charge on any atom is -0.383 e. The van der Waals surface area contributed by atoms with Crippen LogP contribution in [-0.2, 0) is 31.1 Å². The number of sulfone groups is 1. The number of benzene rings is 1. The van der Waals surface area contributed by atoms with Gasteiger partial charge in [0, 0.05) is 38.8 Å². The van der Waals surface area contributed by atoms with Gasteiger partial charge in [-0.2, -0.15) is 4.31 Å². The van der Waals surface area contributed by atoms with Crippen molar-refractivity contribution >= 4 is 31.5 Å². The van der Waals surface area contributed by atoms with Gasteiger partial charge in [-0.05, 0) is 29.8 Å². The molecule has 0 atom stereocenters. The molecule has 7 nitrogen and oxygen atoms in total. The molecule has 0 fully saturated rings. The average Bonchev–Trinajstić information content (AvgIpc) is 2.58. The van der Waals surface area contributed by atoms with Crippen LogP contribution >= 0.6 is 11.6 Å². The van der Waals surface area contributed by atoms with E-state index in [0.717, 1.165) is 12.3 Å². The van der Waals surface area contributed by atoms with Crippen molar-refractivity contribution < 1.29 is 21.6 Å². The number of sulfonamides is 1. The number of hydrogen-bond donors (Lipinski definition) is 0. The van der Waals surface area contributed by atoms with Crippen LogP contribution in [0.3, 0.4) is 0 Å². The molecule has 0 N–H and O–H groups in total. The highest BCUT2D eigenvalue weighted by Crippen LogP contribution is 2.28. The number of aromatic nitrogens is 1. The lowest BCUT2D eigenvalue weighted by molar-refractivity contribution is 0.177. The van der Waals surface area contributed by atoms with Crippen LogP contribution in [0.5, 0.6) is 0 Å². The van der Waals surface area contributed by atoms with E-state index >= 15 is 0 Å². The summed E-state index contributed by atoms with van der Waals surface area (Å²) in [5.74, 6) is 0. The summed E-state index contributed by atoms with van der Waals surface area (Å²) >= 11 is 6.07. The molecule has 0 radical (unpaired) electrons. The smallest absolute Gasteiger partial charge is 0.244 e. The lowest BCUT2D eigenvalue weighted by atomic mass is 10.3. The van der Waals surface area contributed by atoms with Gasteiger partial charge in [0.15, 0.2) is 9.84 Å². The first-order chi connectivity index (χ1) is 12.2. The molecule has 0 aliphatic carbocycles. The monoisotopic (exact) mass is 418 g/mol. The van der Waals surface area contributed by atoms with Crippen LogP contribution in [0.1, 0.15) is 5.56 Å². The Hall–Kier alpha value is -1.52. The maximum Gasteiger partial charge on any atom is 0.244 e. The van der Waals surface area contributed by atoms with Crippen LogP contribution in [0.15, 0.2) is 52.5 Å². The molecule has 0 unspecified atom stereocenters. The summed E-state index contributed by atoms with van der Waals surface area (Å²) in [7, 11) is -6.17. The van der Waals surface area contributed by atoms with Gasteiger partial charge in [0.25, 0.3) is 0 Å². The number of pyridine rings is 1. The molecule has 0 aliphatic heterocycles. The number of rotatable bonds is 8. The molecular weight excluding hydrogens is 400 g/mol. The van der Waals surface area contributed by atoms with Gasteiger partial charge in [-0.25, -0.2) is 16.8 Å². The van der Waals surface area contributed by atoms with Gasteiger partial charge in [0.2, 0.25) is 10.0 Å². The Kier molecular flexibility index (Phi) is 6.75. The Morgan fingerprint density at radius 1 is 1.19 bits per heavy atom. The van der Waals surface area contributed by atoms with Crippen LogP contribution in [0, 0.1) is 0 Å². The summed E-state index contributed by atoms with van der Waals surface area (Å²) in [6.07, 6.45) is 4.15. The highest BCUT2D eigenvalue weighted by Gasteiger charge is 2.28. The van der Waals surface area contributed by atoms with E-state index in [1.807, 2.05) is 0 Å². The molecule has 0 aliphatic rings. The van der Waals surface area contributed by atoms with E-state index in [0.29, 0.717) is 5.56 Å². The third-order valence-electron chi connectivity index (χ3n) is 3.58. The molecule has 26 heavy (non-hydrogen) atoms. The fourth-order valence-electron chi connectivity index (χ4n) is 2.22. The summed E-state index contributed by atoms with van der Waals surface area (Å²) in [5.41, 5.74) is 0.683. The van der Waals surface area contributed by atoms with Crippen molar-refractivity contribution in [2.45, 2.75) is 16.3 Å². The first-order valence-corrected chi connectivity index (χ1v) is 11.2. The lowest BCUT2D eigenvalue weighted by Gasteiger charge is -2.22. The number of ether oxygens (including phenoxy) is 1. The number of methoxy groups -OCH3 is 1. The Labute approximate surface area is 158 Å². The van der Waals surface area contributed by atoms with Crippen molar-refractivity contribution in [3.05, 3.63) is 53.3 Å². The van der Waals surface area contributed by atoms with Crippen LogP contribution in [0.25, 0.3) is 0 Å². The molecule has 2 aromatic rings. The second kappa shape index (κ2) is 8.45. The molecule has 1 heterocycles. The molecule has 142 valence electrons.